The lowest BCUT2D eigenvalue weighted by molar-refractivity contribution is -0.137. The van der Waals surface area contributed by atoms with E-state index in [2.05, 4.69) is 10.6 Å². The predicted octanol–water partition coefficient (Wildman–Crippen LogP) is 4.11. The number of amides is 1. The van der Waals surface area contributed by atoms with Crippen molar-refractivity contribution in [2.24, 2.45) is 5.73 Å². The molecular formula is C20H23F3N4OS. The van der Waals surface area contributed by atoms with Crippen LogP contribution in [0.3, 0.4) is 0 Å². The summed E-state index contributed by atoms with van der Waals surface area (Å²) in [4.78, 5) is 13.1. The average molecular weight is 424 g/mol. The maximum atomic E-state index is 13.3. The summed E-state index contributed by atoms with van der Waals surface area (Å²) in [7, 11) is 3.83. The van der Waals surface area contributed by atoms with E-state index in [0.717, 1.165) is 19.0 Å². The third-order valence-corrected chi connectivity index (χ3v) is 4.28. The highest BCUT2D eigenvalue weighted by Crippen LogP contribution is 2.32. The molecule has 4 N–H and O–H groups in total. The first-order valence-corrected chi connectivity index (χ1v) is 9.29. The minimum Gasteiger partial charge on any atom is -0.366 e. The van der Waals surface area contributed by atoms with Crippen LogP contribution in [0.1, 0.15) is 27.9 Å². The summed E-state index contributed by atoms with van der Waals surface area (Å²) in [5.41, 5.74) is 6.22. The van der Waals surface area contributed by atoms with E-state index in [4.69, 9.17) is 18.0 Å². The lowest BCUT2D eigenvalue weighted by Crippen LogP contribution is -2.20. The first-order chi connectivity index (χ1) is 13.5. The highest BCUT2D eigenvalue weighted by molar-refractivity contribution is 7.80. The zero-order chi connectivity index (χ0) is 21.6. The van der Waals surface area contributed by atoms with Gasteiger partial charge in [0.25, 0.3) is 0 Å². The summed E-state index contributed by atoms with van der Waals surface area (Å²) in [6.45, 7) is 0.778. The van der Waals surface area contributed by atoms with Crippen molar-refractivity contribution < 1.29 is 18.0 Å². The van der Waals surface area contributed by atoms with Crippen molar-refractivity contribution in [3.63, 3.8) is 0 Å². The summed E-state index contributed by atoms with van der Waals surface area (Å²) < 4.78 is 39.8. The summed E-state index contributed by atoms with van der Waals surface area (Å²) in [5, 5.41) is 5.81. The molecule has 0 radical (unpaired) electrons. The smallest absolute Gasteiger partial charge is 0.366 e. The standard InChI is InChI=1S/C20H23F3N4OS/c1-27(2)9-3-4-13-10-15(20(21,22)23)12-17(11-13)26-19(29)25-16-7-5-14(6-8-16)18(24)28/h5-8,10-12H,3-4,9H2,1-2H3,(H2,24,28)(H2,25,26,29). The maximum absolute atomic E-state index is 13.3. The number of anilines is 2. The molecule has 2 aromatic rings. The Labute approximate surface area is 173 Å². The number of rotatable bonds is 7. The van der Waals surface area contributed by atoms with E-state index >= 15 is 0 Å². The molecule has 2 rings (SSSR count). The zero-order valence-corrected chi connectivity index (χ0v) is 17.0. The minimum absolute atomic E-state index is 0.135. The Morgan fingerprint density at radius 3 is 2.24 bits per heavy atom. The summed E-state index contributed by atoms with van der Waals surface area (Å²) in [6, 6.07) is 10.1. The number of benzene rings is 2. The number of alkyl halides is 3. The van der Waals surface area contributed by atoms with Gasteiger partial charge in [-0.05, 0) is 93.7 Å². The van der Waals surface area contributed by atoms with Gasteiger partial charge < -0.3 is 21.3 Å². The molecule has 0 aliphatic rings. The first kappa shape index (κ1) is 22.6. The number of hydrogen-bond acceptors (Lipinski definition) is 3. The van der Waals surface area contributed by atoms with Crippen LogP contribution in [0.5, 0.6) is 0 Å². The largest absolute Gasteiger partial charge is 0.416 e. The molecule has 0 bridgehead atoms. The van der Waals surface area contributed by atoms with Crippen LogP contribution in [0.4, 0.5) is 24.5 Å². The number of hydrogen-bond donors (Lipinski definition) is 3. The molecular weight excluding hydrogens is 401 g/mol. The molecule has 0 aliphatic carbocycles. The number of carbonyl (C=O) groups excluding carboxylic acids is 1. The van der Waals surface area contributed by atoms with Gasteiger partial charge in [0.1, 0.15) is 0 Å². The molecule has 5 nitrogen and oxygen atoms in total. The lowest BCUT2D eigenvalue weighted by atomic mass is 10.0. The molecule has 0 aliphatic heterocycles. The van der Waals surface area contributed by atoms with Crippen molar-refractivity contribution in [2.75, 3.05) is 31.3 Å². The van der Waals surface area contributed by atoms with Gasteiger partial charge >= 0.3 is 6.18 Å². The molecule has 0 fully saturated rings. The van der Waals surface area contributed by atoms with E-state index in [1.54, 1.807) is 18.2 Å². The Balaban J connectivity index is 2.12. The summed E-state index contributed by atoms with van der Waals surface area (Å²) in [6.07, 6.45) is -3.19. The van der Waals surface area contributed by atoms with Gasteiger partial charge in [-0.3, -0.25) is 4.79 Å². The number of aryl methyl sites for hydroxylation is 1. The number of thiocarbonyl (C=S) groups is 1. The predicted molar refractivity (Wildman–Crippen MR) is 113 cm³/mol. The molecule has 29 heavy (non-hydrogen) atoms. The number of nitrogens with two attached hydrogens (primary N) is 1. The van der Waals surface area contributed by atoms with Gasteiger partial charge in [0.2, 0.25) is 5.91 Å². The highest BCUT2D eigenvalue weighted by Gasteiger charge is 2.31. The van der Waals surface area contributed by atoms with Gasteiger partial charge in [-0.15, -0.1) is 0 Å². The minimum atomic E-state index is -4.45. The molecule has 156 valence electrons. The maximum Gasteiger partial charge on any atom is 0.416 e. The van der Waals surface area contributed by atoms with Crippen molar-refractivity contribution in [1.82, 2.24) is 4.90 Å². The molecule has 0 saturated carbocycles. The van der Waals surface area contributed by atoms with Gasteiger partial charge in [0, 0.05) is 16.9 Å². The van der Waals surface area contributed by atoms with E-state index in [1.807, 2.05) is 19.0 Å². The normalized spacial score (nSPS) is 11.4. The molecule has 2 aromatic carbocycles. The number of nitrogens with one attached hydrogen (secondary N) is 2. The van der Waals surface area contributed by atoms with Gasteiger partial charge in [0.05, 0.1) is 5.56 Å². The summed E-state index contributed by atoms with van der Waals surface area (Å²) in [5.74, 6) is -0.553. The van der Waals surface area contributed by atoms with Crippen LogP contribution < -0.4 is 16.4 Å². The average Bonchev–Trinajstić information content (AvgIpc) is 2.60. The Bertz CT molecular complexity index is 867. The monoisotopic (exact) mass is 424 g/mol. The van der Waals surface area contributed by atoms with Gasteiger partial charge in [0.15, 0.2) is 5.11 Å². The second-order valence-corrected chi connectivity index (χ2v) is 7.25. The molecule has 0 saturated heterocycles. The second kappa shape index (κ2) is 9.71. The number of nitrogens with zero attached hydrogens (tertiary/aromatic N) is 1. The fourth-order valence-corrected chi connectivity index (χ4v) is 2.92. The van der Waals surface area contributed by atoms with Crippen molar-refractivity contribution in [2.45, 2.75) is 19.0 Å². The first-order valence-electron chi connectivity index (χ1n) is 8.88. The van der Waals surface area contributed by atoms with E-state index < -0.39 is 17.6 Å². The van der Waals surface area contributed by atoms with E-state index in [9.17, 15) is 18.0 Å². The number of carbonyl (C=O) groups is 1. The van der Waals surface area contributed by atoms with Crippen LogP contribution in [0, 0.1) is 0 Å². The van der Waals surface area contributed by atoms with Crippen LogP contribution in [-0.2, 0) is 12.6 Å². The topological polar surface area (TPSA) is 70.4 Å². The number of primary amides is 1. The van der Waals surface area contributed by atoms with Crippen LogP contribution in [0.2, 0.25) is 0 Å². The fraction of sp³-hybridized carbons (Fsp3) is 0.300. The van der Waals surface area contributed by atoms with Crippen LogP contribution in [0.25, 0.3) is 0 Å². The zero-order valence-electron chi connectivity index (χ0n) is 16.1. The number of halogens is 3. The molecule has 0 atom stereocenters. The molecule has 0 aromatic heterocycles. The quantitative estimate of drug-likeness (QED) is 0.584. The van der Waals surface area contributed by atoms with Gasteiger partial charge in [-0.2, -0.15) is 13.2 Å². The van der Waals surface area contributed by atoms with Crippen LogP contribution >= 0.6 is 12.2 Å². The van der Waals surface area contributed by atoms with Crippen molar-refractivity contribution >= 4 is 34.6 Å². The van der Waals surface area contributed by atoms with Crippen molar-refractivity contribution in [3.05, 3.63) is 59.2 Å². The van der Waals surface area contributed by atoms with Crippen molar-refractivity contribution in [1.29, 1.82) is 0 Å². The third-order valence-electron chi connectivity index (χ3n) is 4.08. The molecule has 0 heterocycles. The van der Waals surface area contributed by atoms with E-state index in [1.165, 1.54) is 18.2 Å². The van der Waals surface area contributed by atoms with Crippen molar-refractivity contribution in [3.8, 4) is 0 Å². The van der Waals surface area contributed by atoms with Gasteiger partial charge in [-0.1, -0.05) is 0 Å². The van der Waals surface area contributed by atoms with Crippen LogP contribution in [0.15, 0.2) is 42.5 Å². The molecule has 0 unspecified atom stereocenters. The van der Waals surface area contributed by atoms with E-state index in [0.29, 0.717) is 23.2 Å². The Morgan fingerprint density at radius 1 is 1.07 bits per heavy atom. The molecule has 1 amide bonds. The second-order valence-electron chi connectivity index (χ2n) is 6.84. The Kier molecular flexibility index (Phi) is 7.58. The lowest BCUT2D eigenvalue weighted by Gasteiger charge is -2.16. The van der Waals surface area contributed by atoms with E-state index in [-0.39, 0.29) is 10.8 Å². The highest BCUT2D eigenvalue weighted by atomic mass is 32.1. The summed E-state index contributed by atoms with van der Waals surface area (Å²) >= 11 is 5.20. The SMILES string of the molecule is CN(C)CCCc1cc(NC(=S)Nc2ccc(C(N)=O)cc2)cc(C(F)(F)F)c1. The Hall–Kier alpha value is -2.65. The third kappa shape index (κ3) is 7.35. The Morgan fingerprint density at radius 2 is 1.69 bits per heavy atom. The fourth-order valence-electron chi connectivity index (χ4n) is 2.68. The van der Waals surface area contributed by atoms with Gasteiger partial charge in [-0.25, -0.2) is 0 Å². The molecule has 0 spiro atoms. The molecule has 9 heteroatoms. The van der Waals surface area contributed by atoms with Crippen LogP contribution in [-0.4, -0.2) is 36.6 Å².